The van der Waals surface area contributed by atoms with Crippen LogP contribution in [0.15, 0.2) is 218 Å². The van der Waals surface area contributed by atoms with Crippen LogP contribution in [0.3, 0.4) is 0 Å². The van der Waals surface area contributed by atoms with Crippen molar-refractivity contribution in [2.75, 3.05) is 0 Å². The standard InChI is InChI=1S/C111H117N/c1-9-13-17-21-25-41-61-110(62-42-26-22-18-14-10-2)94-68-88-86-66-93-91(106-80-52-36-34-50-78(80)102(72-99(106)109(93,7)8)112-100-56-40-39-55-83(100)107-76-48-32-30-46-74(76)58-60-101(107)112)71-97(86)111(63-43-27-23-19-15-11-3,64-44-28-24-20-16-12-4)95(88)67-87(94)85-65-92-90(70-96(85)110)105-79-51-35-33-49-77(79)89(69-98(105)108(92,5)6)104-82-54-38-37-53-81(82)103-75-47-31-29-45-73(75)57-59-84(103)104/h29-40,45-60,65-72,104H,9-28,41-44,61-64H2,1-8H3. The van der Waals surface area contributed by atoms with Crippen molar-refractivity contribution in [3.8, 4) is 61.3 Å². The molecule has 1 nitrogen and oxygen atoms in total. The molecule has 0 aliphatic heterocycles. The Morgan fingerprint density at radius 3 is 1.16 bits per heavy atom. The van der Waals surface area contributed by atoms with Crippen molar-refractivity contribution in [2.45, 2.75) is 263 Å². The number of hydrogen-bond acceptors (Lipinski definition) is 0. The molecule has 0 amide bonds. The lowest BCUT2D eigenvalue weighted by Crippen LogP contribution is -2.27. The van der Waals surface area contributed by atoms with Gasteiger partial charge in [0.25, 0.3) is 0 Å². The summed E-state index contributed by atoms with van der Waals surface area (Å²) in [5.74, 6) is 0.122. The highest BCUT2D eigenvalue weighted by Crippen LogP contribution is 2.67. The first kappa shape index (κ1) is 72.9. The minimum Gasteiger partial charge on any atom is -0.309 e. The van der Waals surface area contributed by atoms with E-state index >= 15 is 0 Å². The molecule has 1 unspecified atom stereocenters. The first-order valence-corrected chi connectivity index (χ1v) is 44.7. The molecule has 0 spiro atoms. The van der Waals surface area contributed by atoms with Gasteiger partial charge in [0, 0.05) is 43.7 Å². The normalized spacial score (nSPS) is 15.8. The maximum Gasteiger partial charge on any atom is 0.0547 e. The highest BCUT2D eigenvalue weighted by atomic mass is 15.0. The predicted molar refractivity (Wildman–Crippen MR) is 483 cm³/mol. The summed E-state index contributed by atoms with van der Waals surface area (Å²) in [6.07, 6.45) is 35.9. The van der Waals surface area contributed by atoms with Crippen molar-refractivity contribution in [1.82, 2.24) is 4.57 Å². The number of rotatable bonds is 30. The number of benzene rings is 13. The van der Waals surface area contributed by atoms with Gasteiger partial charge in [-0.2, -0.15) is 0 Å². The molecule has 0 saturated carbocycles. The third kappa shape index (κ3) is 11.5. The monoisotopic (exact) mass is 1460 g/mol. The Bertz CT molecular complexity index is 5960. The molecule has 1 heteroatoms. The van der Waals surface area contributed by atoms with E-state index in [4.69, 9.17) is 0 Å². The maximum absolute atomic E-state index is 2.95. The van der Waals surface area contributed by atoms with Gasteiger partial charge in [-0.3, -0.25) is 0 Å². The summed E-state index contributed by atoms with van der Waals surface area (Å²) in [4.78, 5) is 0. The summed E-state index contributed by atoms with van der Waals surface area (Å²) in [7, 11) is 0. The molecule has 1 heterocycles. The van der Waals surface area contributed by atoms with Crippen LogP contribution in [0.25, 0.3) is 126 Å². The number of para-hydroxylation sites is 1. The van der Waals surface area contributed by atoms with E-state index in [1.165, 1.54) is 328 Å². The van der Waals surface area contributed by atoms with Crippen LogP contribution >= 0.6 is 0 Å². The number of nitrogens with zero attached hydrogens (tertiary/aromatic N) is 1. The molecule has 566 valence electrons. The molecular formula is C111H117N. The molecule has 5 aliphatic carbocycles. The van der Waals surface area contributed by atoms with E-state index in [1.807, 2.05) is 0 Å². The van der Waals surface area contributed by atoms with Gasteiger partial charge in [-0.15, -0.1) is 0 Å². The van der Waals surface area contributed by atoms with Crippen molar-refractivity contribution >= 4 is 64.9 Å². The molecule has 5 aliphatic rings. The van der Waals surface area contributed by atoms with E-state index < -0.39 is 0 Å². The summed E-state index contributed by atoms with van der Waals surface area (Å²) in [5.41, 5.74) is 34.7. The van der Waals surface area contributed by atoms with Crippen LogP contribution in [0, 0.1) is 0 Å². The quantitative estimate of drug-likeness (QED) is 0.0396. The molecule has 14 aromatic rings. The molecular weight excluding hydrogens is 1350 g/mol. The van der Waals surface area contributed by atoms with E-state index in [1.54, 1.807) is 38.9 Å². The molecule has 19 rings (SSSR count). The van der Waals surface area contributed by atoms with Crippen molar-refractivity contribution in [1.29, 1.82) is 0 Å². The molecule has 0 fully saturated rings. The van der Waals surface area contributed by atoms with Crippen molar-refractivity contribution in [3.63, 3.8) is 0 Å². The lowest BCUT2D eigenvalue weighted by atomic mass is 9.68. The van der Waals surface area contributed by atoms with Gasteiger partial charge in [0.15, 0.2) is 0 Å². The van der Waals surface area contributed by atoms with E-state index in [2.05, 4.69) is 278 Å². The van der Waals surface area contributed by atoms with Crippen LogP contribution in [0.4, 0.5) is 0 Å². The van der Waals surface area contributed by atoms with Crippen LogP contribution in [-0.4, -0.2) is 4.57 Å². The van der Waals surface area contributed by atoms with Gasteiger partial charge in [0.2, 0.25) is 0 Å². The Hall–Kier alpha value is -9.30. The van der Waals surface area contributed by atoms with Gasteiger partial charge in [-0.05, 0) is 235 Å². The lowest BCUT2D eigenvalue weighted by Gasteiger charge is -2.35. The number of unbranched alkanes of at least 4 members (excludes halogenated alkanes) is 20. The van der Waals surface area contributed by atoms with Crippen LogP contribution in [-0.2, 0) is 21.7 Å². The minimum absolute atomic E-state index is 0.122. The predicted octanol–water partition coefficient (Wildman–Crippen LogP) is 32.7. The topological polar surface area (TPSA) is 4.93 Å². The van der Waals surface area contributed by atoms with Crippen LogP contribution < -0.4 is 0 Å². The average Bonchev–Trinajstić information content (AvgIpc) is 1.52. The fourth-order valence-corrected chi connectivity index (χ4v) is 23.5. The zero-order chi connectivity index (χ0) is 76.0. The highest BCUT2D eigenvalue weighted by Gasteiger charge is 2.52. The van der Waals surface area contributed by atoms with Crippen LogP contribution in [0.2, 0.25) is 0 Å². The van der Waals surface area contributed by atoms with Gasteiger partial charge < -0.3 is 4.57 Å². The smallest absolute Gasteiger partial charge is 0.0547 e. The number of fused-ring (bicyclic) bond motifs is 26. The summed E-state index contributed by atoms with van der Waals surface area (Å²) in [5, 5.41) is 13.4. The molecule has 13 aromatic carbocycles. The van der Waals surface area contributed by atoms with E-state index in [9.17, 15) is 0 Å². The van der Waals surface area contributed by atoms with Crippen molar-refractivity contribution in [3.05, 3.63) is 280 Å². The fraction of sp³-hybridized carbons (Fsp3) is 0.369. The summed E-state index contributed by atoms with van der Waals surface area (Å²) in [6.45, 7) is 19.9. The van der Waals surface area contributed by atoms with Gasteiger partial charge in [0.05, 0.1) is 16.7 Å². The third-order valence-electron chi connectivity index (χ3n) is 29.2. The van der Waals surface area contributed by atoms with E-state index in [0.717, 1.165) is 0 Å². The summed E-state index contributed by atoms with van der Waals surface area (Å²) >= 11 is 0. The molecule has 0 saturated heterocycles. The molecule has 1 atom stereocenters. The second-order valence-corrected chi connectivity index (χ2v) is 36.4. The minimum atomic E-state index is -0.282. The SMILES string of the molecule is CCCCCCCCC1(CCCCCCCC)c2cc3c(cc2-c2cc4c(cc21)-c1cc2c(cc1C4(CCCCCCCC)CCCCCCCC)-c1c(cc(-n4c5ccccc5c5c6ccccc6ccc54)c4ccccc14)C2(C)C)C(C)(C)c1cc(C2c4ccccc4-c4c2ccc2ccccc42)c2ccccc2c1-3. The second kappa shape index (κ2) is 29.6. The molecule has 0 bridgehead atoms. The second-order valence-electron chi connectivity index (χ2n) is 36.4. The fourth-order valence-electron chi connectivity index (χ4n) is 23.5. The zero-order valence-corrected chi connectivity index (χ0v) is 68.6. The Kier molecular flexibility index (Phi) is 19.3. The van der Waals surface area contributed by atoms with Crippen molar-refractivity contribution in [2.24, 2.45) is 0 Å². The van der Waals surface area contributed by atoms with Crippen molar-refractivity contribution < 1.29 is 0 Å². The van der Waals surface area contributed by atoms with E-state index in [0.29, 0.717) is 0 Å². The van der Waals surface area contributed by atoms with Gasteiger partial charge >= 0.3 is 0 Å². The molecule has 112 heavy (non-hydrogen) atoms. The Labute approximate surface area is 668 Å². The molecule has 0 radical (unpaired) electrons. The largest absolute Gasteiger partial charge is 0.309 e. The first-order valence-electron chi connectivity index (χ1n) is 44.7. The van der Waals surface area contributed by atoms with Gasteiger partial charge in [-0.25, -0.2) is 0 Å². The van der Waals surface area contributed by atoms with Crippen LogP contribution in [0.1, 0.15) is 302 Å². The Balaban J connectivity index is 0.826. The summed E-state index contributed by atoms with van der Waals surface area (Å²) < 4.78 is 2.63. The lowest BCUT2D eigenvalue weighted by molar-refractivity contribution is 0.394. The van der Waals surface area contributed by atoms with Gasteiger partial charge in [-0.1, -0.05) is 373 Å². The summed E-state index contributed by atoms with van der Waals surface area (Å²) in [6, 6.07) is 88.3. The zero-order valence-electron chi connectivity index (χ0n) is 68.6. The molecule has 0 N–H and O–H groups in total. The highest BCUT2D eigenvalue weighted by molar-refractivity contribution is 6.22. The van der Waals surface area contributed by atoms with Gasteiger partial charge in [0.1, 0.15) is 0 Å². The Morgan fingerprint density at radius 1 is 0.250 bits per heavy atom. The van der Waals surface area contributed by atoms with E-state index in [-0.39, 0.29) is 27.6 Å². The van der Waals surface area contributed by atoms with Crippen LogP contribution in [0.5, 0.6) is 0 Å². The number of aromatic nitrogens is 1. The average molecular weight is 1470 g/mol. The number of hydrogen-bond donors (Lipinski definition) is 0. The third-order valence-corrected chi connectivity index (χ3v) is 29.2. The molecule has 1 aromatic heterocycles. The Morgan fingerprint density at radius 2 is 0.634 bits per heavy atom. The first-order chi connectivity index (χ1) is 54.9. The maximum atomic E-state index is 2.95.